The molecule has 0 radical (unpaired) electrons. The summed E-state index contributed by atoms with van der Waals surface area (Å²) < 4.78 is 10.9. The number of benzene rings is 1. The largest absolute Gasteiger partial charge is 0.378 e. The molecular weight excluding hydrogens is 268 g/mol. The lowest BCUT2D eigenvalue weighted by Crippen LogP contribution is -2.51. The quantitative estimate of drug-likeness (QED) is 0.785. The lowest BCUT2D eigenvalue weighted by Gasteiger charge is -2.23. The van der Waals surface area contributed by atoms with Gasteiger partial charge in [-0.1, -0.05) is 37.3 Å². The summed E-state index contributed by atoms with van der Waals surface area (Å²) in [4.78, 5) is 11.9. The van der Waals surface area contributed by atoms with E-state index < -0.39 is 0 Å². The van der Waals surface area contributed by atoms with Crippen LogP contribution in [-0.2, 0) is 20.9 Å². The fourth-order valence-electron chi connectivity index (χ4n) is 2.14. The van der Waals surface area contributed by atoms with Crippen molar-refractivity contribution in [1.82, 2.24) is 10.6 Å². The molecule has 1 amide bonds. The molecule has 0 saturated carbocycles. The molecule has 0 aromatic heterocycles. The first kappa shape index (κ1) is 15.9. The Morgan fingerprint density at radius 1 is 1.48 bits per heavy atom. The third kappa shape index (κ3) is 5.83. The first-order valence-electron chi connectivity index (χ1n) is 7.46. The van der Waals surface area contributed by atoms with Crippen molar-refractivity contribution < 1.29 is 14.3 Å². The van der Waals surface area contributed by atoms with Gasteiger partial charge in [0.2, 0.25) is 5.91 Å². The van der Waals surface area contributed by atoms with Gasteiger partial charge >= 0.3 is 0 Å². The van der Waals surface area contributed by atoms with Crippen molar-refractivity contribution in [3.63, 3.8) is 0 Å². The van der Waals surface area contributed by atoms with E-state index in [9.17, 15) is 4.79 Å². The third-order valence-corrected chi connectivity index (χ3v) is 3.38. The van der Waals surface area contributed by atoms with Gasteiger partial charge in [0, 0.05) is 13.1 Å². The molecule has 0 aliphatic carbocycles. The van der Waals surface area contributed by atoms with Crippen LogP contribution in [0.5, 0.6) is 0 Å². The van der Waals surface area contributed by atoms with Crippen LogP contribution in [-0.4, -0.2) is 44.9 Å². The van der Waals surface area contributed by atoms with Crippen molar-refractivity contribution in [2.24, 2.45) is 5.92 Å². The van der Waals surface area contributed by atoms with Crippen molar-refractivity contribution in [2.45, 2.75) is 19.6 Å². The number of rotatable bonds is 7. The maximum atomic E-state index is 11.9. The van der Waals surface area contributed by atoms with Crippen molar-refractivity contribution >= 4 is 5.91 Å². The molecule has 2 rings (SSSR count). The normalized spacial score (nSPS) is 20.0. The van der Waals surface area contributed by atoms with E-state index in [4.69, 9.17) is 9.47 Å². The zero-order chi connectivity index (χ0) is 14.9. The van der Waals surface area contributed by atoms with Gasteiger partial charge in [-0.2, -0.15) is 0 Å². The molecule has 21 heavy (non-hydrogen) atoms. The summed E-state index contributed by atoms with van der Waals surface area (Å²) in [5.74, 6) is 0.284. The third-order valence-electron chi connectivity index (χ3n) is 3.38. The van der Waals surface area contributed by atoms with E-state index in [1.54, 1.807) is 0 Å². The van der Waals surface area contributed by atoms with Gasteiger partial charge in [0.05, 0.1) is 26.4 Å². The Kier molecular flexibility index (Phi) is 6.66. The lowest BCUT2D eigenvalue weighted by atomic mass is 10.2. The standard InChI is InChI=1S/C16H24N2O3/c1-13(10-21-11-14-5-3-2-4-6-14)9-18-16(19)15-12-20-8-7-17-15/h2-6,13,15,17H,7-12H2,1H3,(H,18,19). The maximum Gasteiger partial charge on any atom is 0.239 e. The summed E-state index contributed by atoms with van der Waals surface area (Å²) in [5.41, 5.74) is 1.16. The minimum atomic E-state index is -0.226. The van der Waals surface area contributed by atoms with E-state index >= 15 is 0 Å². The molecule has 1 aliphatic heterocycles. The number of nitrogens with one attached hydrogen (secondary N) is 2. The van der Waals surface area contributed by atoms with Crippen LogP contribution in [0.4, 0.5) is 0 Å². The summed E-state index contributed by atoms with van der Waals surface area (Å²) in [6.07, 6.45) is 0. The van der Waals surface area contributed by atoms with E-state index in [2.05, 4.69) is 17.6 Å². The van der Waals surface area contributed by atoms with Gasteiger partial charge in [-0.25, -0.2) is 0 Å². The second-order valence-electron chi connectivity index (χ2n) is 5.43. The van der Waals surface area contributed by atoms with Gasteiger partial charge in [-0.3, -0.25) is 4.79 Å². The highest BCUT2D eigenvalue weighted by Gasteiger charge is 2.21. The highest BCUT2D eigenvalue weighted by molar-refractivity contribution is 5.81. The van der Waals surface area contributed by atoms with E-state index in [1.807, 2.05) is 30.3 Å². The maximum absolute atomic E-state index is 11.9. The van der Waals surface area contributed by atoms with E-state index in [-0.39, 0.29) is 17.9 Å². The number of amides is 1. The molecule has 1 saturated heterocycles. The Hall–Kier alpha value is -1.43. The van der Waals surface area contributed by atoms with Crippen LogP contribution >= 0.6 is 0 Å². The molecule has 1 aromatic rings. The van der Waals surface area contributed by atoms with Crippen LogP contribution in [0.1, 0.15) is 12.5 Å². The molecule has 0 bridgehead atoms. The van der Waals surface area contributed by atoms with Gasteiger partial charge in [-0.05, 0) is 11.5 Å². The second kappa shape index (κ2) is 8.77. The number of carbonyl (C=O) groups excluding carboxylic acids is 1. The first-order chi connectivity index (χ1) is 10.3. The van der Waals surface area contributed by atoms with Crippen molar-refractivity contribution in [3.8, 4) is 0 Å². The smallest absolute Gasteiger partial charge is 0.239 e. The molecule has 0 spiro atoms. The van der Waals surface area contributed by atoms with Crippen molar-refractivity contribution in [2.75, 3.05) is 32.9 Å². The van der Waals surface area contributed by atoms with Gasteiger partial charge in [0.1, 0.15) is 6.04 Å². The molecule has 2 N–H and O–H groups in total. The predicted molar refractivity (Wildman–Crippen MR) is 80.9 cm³/mol. The van der Waals surface area contributed by atoms with Gasteiger partial charge < -0.3 is 20.1 Å². The minimum Gasteiger partial charge on any atom is -0.378 e. The zero-order valence-corrected chi connectivity index (χ0v) is 12.5. The highest BCUT2D eigenvalue weighted by Crippen LogP contribution is 2.03. The lowest BCUT2D eigenvalue weighted by molar-refractivity contribution is -0.126. The van der Waals surface area contributed by atoms with Gasteiger partial charge in [0.25, 0.3) is 0 Å². The highest BCUT2D eigenvalue weighted by atomic mass is 16.5. The molecular formula is C16H24N2O3. The number of morpholine rings is 1. The molecule has 1 aromatic carbocycles. The Morgan fingerprint density at radius 3 is 3.00 bits per heavy atom. The summed E-state index contributed by atoms with van der Waals surface area (Å²) in [6, 6.07) is 9.85. The summed E-state index contributed by atoms with van der Waals surface area (Å²) in [7, 11) is 0. The minimum absolute atomic E-state index is 0.00427. The van der Waals surface area contributed by atoms with Crippen molar-refractivity contribution in [1.29, 1.82) is 0 Å². The van der Waals surface area contributed by atoms with Crippen LogP contribution in [0, 0.1) is 5.92 Å². The van der Waals surface area contributed by atoms with Gasteiger partial charge in [-0.15, -0.1) is 0 Å². The molecule has 5 nitrogen and oxygen atoms in total. The molecule has 1 fully saturated rings. The first-order valence-corrected chi connectivity index (χ1v) is 7.46. The van der Waals surface area contributed by atoms with Crippen LogP contribution in [0.3, 0.4) is 0 Å². The van der Waals surface area contributed by atoms with Crippen molar-refractivity contribution in [3.05, 3.63) is 35.9 Å². The monoisotopic (exact) mass is 292 g/mol. The van der Waals surface area contributed by atoms with E-state index in [1.165, 1.54) is 0 Å². The number of ether oxygens (including phenoxy) is 2. The SMILES string of the molecule is CC(CNC(=O)C1COCCN1)COCc1ccccc1. The molecule has 1 aliphatic rings. The van der Waals surface area contributed by atoms with Crippen LogP contribution in [0.25, 0.3) is 0 Å². The molecule has 116 valence electrons. The average molecular weight is 292 g/mol. The zero-order valence-electron chi connectivity index (χ0n) is 12.5. The van der Waals surface area contributed by atoms with Crippen LogP contribution < -0.4 is 10.6 Å². The number of hydrogen-bond donors (Lipinski definition) is 2. The van der Waals surface area contributed by atoms with Gasteiger partial charge in [0.15, 0.2) is 0 Å². The molecule has 2 atom stereocenters. The summed E-state index contributed by atoms with van der Waals surface area (Å²) in [6.45, 7) is 5.77. The van der Waals surface area contributed by atoms with E-state index in [0.717, 1.165) is 12.1 Å². The Morgan fingerprint density at radius 2 is 2.29 bits per heavy atom. The Labute approximate surface area is 126 Å². The number of carbonyl (C=O) groups is 1. The second-order valence-corrected chi connectivity index (χ2v) is 5.43. The summed E-state index contributed by atoms with van der Waals surface area (Å²) >= 11 is 0. The molecule has 5 heteroatoms. The molecule has 2 unspecified atom stereocenters. The van der Waals surface area contributed by atoms with Crippen LogP contribution in [0.2, 0.25) is 0 Å². The van der Waals surface area contributed by atoms with Crippen LogP contribution in [0.15, 0.2) is 30.3 Å². The Balaban J connectivity index is 1.58. The molecule has 1 heterocycles. The topological polar surface area (TPSA) is 59.6 Å². The predicted octanol–water partition coefficient (Wildman–Crippen LogP) is 0.944. The summed E-state index contributed by atoms with van der Waals surface area (Å²) in [5, 5.41) is 6.08. The fraction of sp³-hybridized carbons (Fsp3) is 0.562. The average Bonchev–Trinajstić information content (AvgIpc) is 2.54. The fourth-order valence-corrected chi connectivity index (χ4v) is 2.14. The Bertz CT molecular complexity index is 419. The van der Waals surface area contributed by atoms with E-state index in [0.29, 0.717) is 33.0 Å². The number of hydrogen-bond acceptors (Lipinski definition) is 4.